The summed E-state index contributed by atoms with van der Waals surface area (Å²) >= 11 is 0. The molecule has 1 aromatic heterocycles. The summed E-state index contributed by atoms with van der Waals surface area (Å²) in [5.74, 6) is 0.971. The van der Waals surface area contributed by atoms with Crippen LogP contribution >= 0.6 is 0 Å². The van der Waals surface area contributed by atoms with Crippen LogP contribution in [0.2, 0.25) is 0 Å². The van der Waals surface area contributed by atoms with Gasteiger partial charge in [-0.05, 0) is 24.6 Å². The van der Waals surface area contributed by atoms with Gasteiger partial charge < -0.3 is 0 Å². The molecular weight excluding hydrogens is 292 g/mol. The van der Waals surface area contributed by atoms with Gasteiger partial charge in [-0.1, -0.05) is 72.8 Å². The van der Waals surface area contributed by atoms with Crippen molar-refractivity contribution >= 4 is 0 Å². The van der Waals surface area contributed by atoms with Gasteiger partial charge in [-0.3, -0.25) is 4.57 Å². The van der Waals surface area contributed by atoms with Crippen molar-refractivity contribution in [3.8, 4) is 28.3 Å². The average Bonchev–Trinajstić information content (AvgIpc) is 3.09. The molecule has 0 aliphatic carbocycles. The summed E-state index contributed by atoms with van der Waals surface area (Å²) in [5, 5.41) is 0. The average molecular weight is 310 g/mol. The fourth-order valence-electron chi connectivity index (χ4n) is 2.93. The molecule has 2 heteroatoms. The van der Waals surface area contributed by atoms with E-state index in [1.165, 1.54) is 5.56 Å². The van der Waals surface area contributed by atoms with Gasteiger partial charge in [0.15, 0.2) is 0 Å². The summed E-state index contributed by atoms with van der Waals surface area (Å²) in [6.45, 7) is 2.13. The Balaban J connectivity index is 1.94. The van der Waals surface area contributed by atoms with E-state index < -0.39 is 0 Å². The molecule has 0 aliphatic heterocycles. The first-order valence-corrected chi connectivity index (χ1v) is 8.09. The highest BCUT2D eigenvalue weighted by atomic mass is 15.1. The lowest BCUT2D eigenvalue weighted by atomic mass is 10.1. The molecule has 0 aliphatic rings. The van der Waals surface area contributed by atoms with Crippen LogP contribution in [0, 0.1) is 6.92 Å². The van der Waals surface area contributed by atoms with Crippen molar-refractivity contribution in [1.82, 2.24) is 9.55 Å². The van der Waals surface area contributed by atoms with Gasteiger partial charge in [-0.15, -0.1) is 0 Å². The highest BCUT2D eigenvalue weighted by Gasteiger charge is 2.14. The first-order chi connectivity index (χ1) is 11.8. The van der Waals surface area contributed by atoms with Crippen LogP contribution in [0.3, 0.4) is 0 Å². The lowest BCUT2D eigenvalue weighted by molar-refractivity contribution is 1.06. The van der Waals surface area contributed by atoms with E-state index in [-0.39, 0.29) is 0 Å². The second-order valence-electron chi connectivity index (χ2n) is 5.84. The van der Waals surface area contributed by atoms with Crippen LogP contribution in [-0.4, -0.2) is 9.55 Å². The largest absolute Gasteiger partial charge is 0.299 e. The predicted octanol–water partition coefficient (Wildman–Crippen LogP) is 5.51. The molecular formula is C22H18N2. The van der Waals surface area contributed by atoms with Gasteiger partial charge in [0.25, 0.3) is 0 Å². The zero-order chi connectivity index (χ0) is 16.4. The Morgan fingerprint density at radius 1 is 0.708 bits per heavy atom. The minimum atomic E-state index is 0.971. The van der Waals surface area contributed by atoms with Crippen molar-refractivity contribution in [3.63, 3.8) is 0 Å². The summed E-state index contributed by atoms with van der Waals surface area (Å²) in [5.41, 5.74) is 5.61. The molecule has 24 heavy (non-hydrogen) atoms. The van der Waals surface area contributed by atoms with E-state index in [2.05, 4.69) is 78.4 Å². The van der Waals surface area contributed by atoms with Crippen LogP contribution in [0.4, 0.5) is 0 Å². The molecule has 0 radical (unpaired) electrons. The monoisotopic (exact) mass is 310 g/mol. The number of nitrogens with zero attached hydrogens (tertiary/aromatic N) is 2. The van der Waals surface area contributed by atoms with Crippen molar-refractivity contribution in [2.45, 2.75) is 6.92 Å². The quantitative estimate of drug-likeness (QED) is 0.487. The number of rotatable bonds is 3. The Morgan fingerprint density at radius 3 is 2.04 bits per heavy atom. The highest BCUT2D eigenvalue weighted by Crippen LogP contribution is 2.29. The van der Waals surface area contributed by atoms with Crippen LogP contribution in [0.15, 0.2) is 91.1 Å². The van der Waals surface area contributed by atoms with E-state index in [0.29, 0.717) is 0 Å². The zero-order valence-corrected chi connectivity index (χ0v) is 13.6. The molecule has 0 saturated heterocycles. The number of imidazole rings is 1. The van der Waals surface area contributed by atoms with Gasteiger partial charge >= 0.3 is 0 Å². The van der Waals surface area contributed by atoms with E-state index in [1.807, 2.05) is 24.3 Å². The lowest BCUT2D eigenvalue weighted by Gasteiger charge is -2.09. The van der Waals surface area contributed by atoms with E-state index in [4.69, 9.17) is 4.98 Å². The van der Waals surface area contributed by atoms with Gasteiger partial charge in [0.05, 0.1) is 5.69 Å². The first kappa shape index (κ1) is 14.5. The van der Waals surface area contributed by atoms with E-state index >= 15 is 0 Å². The molecule has 0 N–H and O–H groups in total. The summed E-state index contributed by atoms with van der Waals surface area (Å²) in [4.78, 5) is 4.95. The fourth-order valence-corrected chi connectivity index (χ4v) is 2.93. The summed E-state index contributed by atoms with van der Waals surface area (Å²) in [6.07, 6.45) is 2.12. The molecule has 2 nitrogen and oxygen atoms in total. The maximum absolute atomic E-state index is 4.95. The molecule has 0 amide bonds. The molecule has 1 heterocycles. The number of aromatic nitrogens is 2. The number of hydrogen-bond acceptors (Lipinski definition) is 1. The Kier molecular flexibility index (Phi) is 3.72. The summed E-state index contributed by atoms with van der Waals surface area (Å²) in [6, 6.07) is 29.1. The maximum Gasteiger partial charge on any atom is 0.145 e. The van der Waals surface area contributed by atoms with Gasteiger partial charge in [0, 0.05) is 23.0 Å². The third-order valence-electron chi connectivity index (χ3n) is 4.20. The number of para-hydroxylation sites is 1. The molecule has 0 spiro atoms. The molecule has 0 unspecified atom stereocenters. The highest BCUT2D eigenvalue weighted by molar-refractivity contribution is 5.69. The molecule has 3 aromatic carbocycles. The van der Waals surface area contributed by atoms with Gasteiger partial charge in [-0.25, -0.2) is 4.98 Å². The Bertz CT molecular complexity index is 954. The molecule has 0 saturated carbocycles. The van der Waals surface area contributed by atoms with Crippen molar-refractivity contribution in [2.75, 3.05) is 0 Å². The third-order valence-corrected chi connectivity index (χ3v) is 4.20. The van der Waals surface area contributed by atoms with Gasteiger partial charge in [0.2, 0.25) is 0 Å². The maximum atomic E-state index is 4.95. The summed E-state index contributed by atoms with van der Waals surface area (Å²) in [7, 11) is 0. The van der Waals surface area contributed by atoms with Crippen molar-refractivity contribution in [2.24, 2.45) is 0 Å². The Morgan fingerprint density at radius 2 is 1.33 bits per heavy atom. The number of benzene rings is 3. The van der Waals surface area contributed by atoms with E-state index in [0.717, 1.165) is 28.3 Å². The molecule has 0 atom stereocenters. The minimum absolute atomic E-state index is 0.971. The first-order valence-electron chi connectivity index (χ1n) is 8.09. The Hall–Kier alpha value is -3.13. The van der Waals surface area contributed by atoms with Crippen LogP contribution in [0.5, 0.6) is 0 Å². The lowest BCUT2D eigenvalue weighted by Crippen LogP contribution is -1.97. The minimum Gasteiger partial charge on any atom is -0.299 e. The predicted molar refractivity (Wildman–Crippen MR) is 99.2 cm³/mol. The molecule has 4 aromatic rings. The van der Waals surface area contributed by atoms with Gasteiger partial charge in [-0.2, -0.15) is 0 Å². The van der Waals surface area contributed by atoms with Crippen molar-refractivity contribution in [3.05, 3.63) is 96.7 Å². The van der Waals surface area contributed by atoms with Crippen LogP contribution in [0.1, 0.15) is 5.56 Å². The topological polar surface area (TPSA) is 17.8 Å². The standard InChI is InChI=1S/C22H18N2/c1-17-10-8-9-15-20(17)22-23-21(18-11-4-2-5-12-18)16-24(22)19-13-6-3-7-14-19/h2-16H,1H3. The van der Waals surface area contributed by atoms with Gasteiger partial charge in [0.1, 0.15) is 5.82 Å². The van der Waals surface area contributed by atoms with E-state index in [9.17, 15) is 0 Å². The Labute approximate surface area is 142 Å². The molecule has 116 valence electrons. The van der Waals surface area contributed by atoms with Crippen LogP contribution in [-0.2, 0) is 0 Å². The second kappa shape index (κ2) is 6.17. The molecule has 4 rings (SSSR count). The molecule has 0 fully saturated rings. The zero-order valence-electron chi connectivity index (χ0n) is 13.6. The smallest absolute Gasteiger partial charge is 0.145 e. The van der Waals surface area contributed by atoms with Crippen LogP contribution in [0.25, 0.3) is 28.3 Å². The number of hydrogen-bond donors (Lipinski definition) is 0. The normalized spacial score (nSPS) is 10.7. The second-order valence-corrected chi connectivity index (χ2v) is 5.84. The van der Waals surface area contributed by atoms with E-state index in [1.54, 1.807) is 0 Å². The third kappa shape index (κ3) is 2.63. The fraction of sp³-hybridized carbons (Fsp3) is 0.0455. The SMILES string of the molecule is Cc1ccccc1-c1nc(-c2ccccc2)cn1-c1ccccc1. The summed E-state index contributed by atoms with van der Waals surface area (Å²) < 4.78 is 2.17. The molecule has 0 bridgehead atoms. The number of aryl methyl sites for hydroxylation is 1. The van der Waals surface area contributed by atoms with Crippen LogP contribution < -0.4 is 0 Å². The van der Waals surface area contributed by atoms with Crippen molar-refractivity contribution < 1.29 is 0 Å². The van der Waals surface area contributed by atoms with Crippen molar-refractivity contribution in [1.29, 1.82) is 0 Å².